The van der Waals surface area contributed by atoms with Gasteiger partial charge in [-0.05, 0) is 31.0 Å². The highest BCUT2D eigenvalue weighted by molar-refractivity contribution is 6.10. The number of carbonyl (C=O) groups is 3. The monoisotopic (exact) mass is 385 g/mol. The van der Waals surface area contributed by atoms with Gasteiger partial charge in [-0.2, -0.15) is 13.2 Å². The number of amides is 4. The minimum absolute atomic E-state index is 0.139. The van der Waals surface area contributed by atoms with Gasteiger partial charge in [0.05, 0.1) is 7.11 Å². The lowest BCUT2D eigenvalue weighted by Crippen LogP contribution is -2.69. The molecule has 1 aliphatic carbocycles. The normalized spacial score (nSPS) is 23.5. The summed E-state index contributed by atoms with van der Waals surface area (Å²) in [7, 11) is 1.34. The fraction of sp³-hybridized carbons (Fsp3) is 0.471. The fourth-order valence-corrected chi connectivity index (χ4v) is 3.40. The Bertz CT molecular complexity index is 777. The molecule has 1 aromatic carbocycles. The topological polar surface area (TPSA) is 87.7 Å². The zero-order chi connectivity index (χ0) is 19.8. The van der Waals surface area contributed by atoms with Crippen LogP contribution in [-0.4, -0.2) is 47.7 Å². The second kappa shape index (κ2) is 6.75. The van der Waals surface area contributed by atoms with E-state index in [1.165, 1.54) is 31.4 Å². The predicted molar refractivity (Wildman–Crippen MR) is 86.9 cm³/mol. The molecule has 1 aromatic rings. The summed E-state index contributed by atoms with van der Waals surface area (Å²) in [5, 5.41) is 3.35. The van der Waals surface area contributed by atoms with E-state index in [-0.39, 0.29) is 11.3 Å². The van der Waals surface area contributed by atoms with Crippen molar-refractivity contribution in [2.75, 3.05) is 7.11 Å². The average Bonchev–Trinajstić information content (AvgIpc) is 3.21. The van der Waals surface area contributed by atoms with E-state index in [4.69, 9.17) is 4.74 Å². The van der Waals surface area contributed by atoms with E-state index in [0.29, 0.717) is 17.7 Å². The molecule has 4 amide bonds. The highest BCUT2D eigenvalue weighted by Crippen LogP contribution is 2.37. The largest absolute Gasteiger partial charge is 0.497 e. The molecule has 2 fully saturated rings. The summed E-state index contributed by atoms with van der Waals surface area (Å²) in [5.41, 5.74) is -3.63. The number of benzene rings is 1. The number of imide groups is 1. The molecular weight excluding hydrogens is 367 g/mol. The number of rotatable bonds is 4. The first-order valence-electron chi connectivity index (χ1n) is 8.38. The Kier molecular flexibility index (Phi) is 4.75. The quantitative estimate of drug-likeness (QED) is 0.778. The van der Waals surface area contributed by atoms with Crippen LogP contribution in [-0.2, 0) is 4.79 Å². The minimum atomic E-state index is -5.22. The van der Waals surface area contributed by atoms with Crippen molar-refractivity contribution >= 4 is 17.8 Å². The number of carbonyl (C=O) groups excluding carboxylic acids is 3. The lowest BCUT2D eigenvalue weighted by molar-refractivity contribution is -0.200. The van der Waals surface area contributed by atoms with Crippen LogP contribution in [0.3, 0.4) is 0 Å². The van der Waals surface area contributed by atoms with Crippen molar-refractivity contribution in [2.45, 2.75) is 43.6 Å². The lowest BCUT2D eigenvalue weighted by atomic mass is 10.1. The second-order valence-electron chi connectivity index (χ2n) is 6.48. The van der Waals surface area contributed by atoms with Crippen LogP contribution >= 0.6 is 0 Å². The molecule has 0 aromatic heterocycles. The van der Waals surface area contributed by atoms with E-state index < -0.39 is 35.7 Å². The first-order valence-corrected chi connectivity index (χ1v) is 8.38. The van der Waals surface area contributed by atoms with Gasteiger partial charge < -0.3 is 10.1 Å². The maximum absolute atomic E-state index is 13.8. The molecule has 1 atom stereocenters. The molecule has 1 aliphatic heterocycles. The molecule has 1 heterocycles. The standard InChI is InChI=1S/C17H18F3N3O4/c1-27-12-8-4-5-10(9-12)13(24)21-16(17(18,19)20)14(25)23(15(26)22-16)11-6-2-3-7-11/h4-5,8-9,11H,2-3,6-7H2,1H3,(H,21,24)(H,22,26). The number of hydrogen-bond donors (Lipinski definition) is 2. The van der Waals surface area contributed by atoms with Gasteiger partial charge in [-0.1, -0.05) is 18.9 Å². The minimum Gasteiger partial charge on any atom is -0.497 e. The predicted octanol–water partition coefficient (Wildman–Crippen LogP) is 2.18. The van der Waals surface area contributed by atoms with Gasteiger partial charge in [-0.3, -0.25) is 19.8 Å². The number of methoxy groups -OCH3 is 1. The maximum Gasteiger partial charge on any atom is 0.440 e. The summed E-state index contributed by atoms with van der Waals surface area (Å²) in [6.45, 7) is 0. The molecule has 1 unspecified atom stereocenters. The van der Waals surface area contributed by atoms with Crippen molar-refractivity contribution in [3.8, 4) is 5.75 Å². The first kappa shape index (κ1) is 19.0. The number of nitrogens with one attached hydrogen (secondary N) is 2. The van der Waals surface area contributed by atoms with E-state index in [1.54, 1.807) is 10.6 Å². The van der Waals surface area contributed by atoms with Gasteiger partial charge in [-0.15, -0.1) is 0 Å². The smallest absolute Gasteiger partial charge is 0.440 e. The SMILES string of the molecule is COc1cccc(C(=O)NC2(C(F)(F)F)NC(=O)N(C3CCCC3)C2=O)c1. The van der Waals surface area contributed by atoms with Gasteiger partial charge >= 0.3 is 12.2 Å². The molecule has 27 heavy (non-hydrogen) atoms. The summed E-state index contributed by atoms with van der Waals surface area (Å²) in [4.78, 5) is 37.8. The summed E-state index contributed by atoms with van der Waals surface area (Å²) in [6.07, 6.45) is -2.90. The number of alkyl halides is 3. The molecule has 10 heteroatoms. The van der Waals surface area contributed by atoms with E-state index in [9.17, 15) is 27.6 Å². The van der Waals surface area contributed by atoms with Crippen molar-refractivity contribution in [1.29, 1.82) is 0 Å². The van der Waals surface area contributed by atoms with E-state index in [0.717, 1.165) is 12.8 Å². The Morgan fingerprint density at radius 1 is 1.30 bits per heavy atom. The summed E-state index contributed by atoms with van der Waals surface area (Å²) in [5.74, 6) is -2.41. The molecule has 7 nitrogen and oxygen atoms in total. The third-order valence-corrected chi connectivity index (χ3v) is 4.80. The maximum atomic E-state index is 13.8. The third-order valence-electron chi connectivity index (χ3n) is 4.80. The summed E-state index contributed by atoms with van der Waals surface area (Å²) < 4.78 is 46.4. The highest BCUT2D eigenvalue weighted by atomic mass is 19.4. The van der Waals surface area contributed by atoms with Gasteiger partial charge in [0, 0.05) is 11.6 Å². The van der Waals surface area contributed by atoms with Crippen molar-refractivity contribution < 1.29 is 32.3 Å². The van der Waals surface area contributed by atoms with Crippen LogP contribution in [0, 0.1) is 0 Å². The molecule has 0 radical (unpaired) electrons. The van der Waals surface area contributed by atoms with Crippen LogP contribution in [0.25, 0.3) is 0 Å². The first-order chi connectivity index (χ1) is 12.7. The average molecular weight is 385 g/mol. The van der Waals surface area contributed by atoms with Crippen molar-refractivity contribution in [3.05, 3.63) is 29.8 Å². The van der Waals surface area contributed by atoms with Gasteiger partial charge in [0.25, 0.3) is 17.5 Å². The summed E-state index contributed by atoms with van der Waals surface area (Å²) >= 11 is 0. The van der Waals surface area contributed by atoms with Crippen molar-refractivity contribution in [1.82, 2.24) is 15.5 Å². The lowest BCUT2D eigenvalue weighted by Gasteiger charge is -2.30. The zero-order valence-electron chi connectivity index (χ0n) is 14.4. The Hall–Kier alpha value is -2.78. The number of urea groups is 1. The van der Waals surface area contributed by atoms with E-state index >= 15 is 0 Å². The van der Waals surface area contributed by atoms with Crippen LogP contribution in [0.4, 0.5) is 18.0 Å². The number of ether oxygens (including phenoxy) is 1. The molecule has 0 bridgehead atoms. The van der Waals surface area contributed by atoms with E-state index in [1.807, 2.05) is 0 Å². The number of nitrogens with zero attached hydrogens (tertiary/aromatic N) is 1. The van der Waals surface area contributed by atoms with Crippen molar-refractivity contribution in [2.24, 2.45) is 0 Å². The van der Waals surface area contributed by atoms with Crippen LogP contribution in [0.1, 0.15) is 36.0 Å². The number of halogens is 3. The number of hydrogen-bond acceptors (Lipinski definition) is 4. The Labute approximate surface area is 152 Å². The van der Waals surface area contributed by atoms with Crippen LogP contribution < -0.4 is 15.4 Å². The third kappa shape index (κ3) is 3.19. The summed E-state index contributed by atoms with van der Waals surface area (Å²) in [6, 6.07) is 3.69. The molecule has 3 rings (SSSR count). The highest BCUT2D eigenvalue weighted by Gasteiger charge is 2.69. The Balaban J connectivity index is 1.93. The van der Waals surface area contributed by atoms with Gasteiger partial charge in [0.1, 0.15) is 5.75 Å². The Morgan fingerprint density at radius 2 is 1.96 bits per heavy atom. The zero-order valence-corrected chi connectivity index (χ0v) is 14.4. The Morgan fingerprint density at radius 3 is 2.56 bits per heavy atom. The van der Waals surface area contributed by atoms with Crippen molar-refractivity contribution in [3.63, 3.8) is 0 Å². The molecule has 2 N–H and O–H groups in total. The molecule has 1 saturated heterocycles. The molecule has 0 spiro atoms. The van der Waals surface area contributed by atoms with E-state index in [2.05, 4.69) is 0 Å². The van der Waals surface area contributed by atoms with Crippen LogP contribution in [0.15, 0.2) is 24.3 Å². The van der Waals surface area contributed by atoms with Gasteiger partial charge in [-0.25, -0.2) is 4.79 Å². The molecular formula is C17H18F3N3O4. The molecule has 1 saturated carbocycles. The fourth-order valence-electron chi connectivity index (χ4n) is 3.40. The molecule has 146 valence electrons. The van der Waals surface area contributed by atoms with Gasteiger partial charge in [0.15, 0.2) is 0 Å². The van der Waals surface area contributed by atoms with Crippen LogP contribution in [0.5, 0.6) is 5.75 Å². The van der Waals surface area contributed by atoms with Gasteiger partial charge in [0.2, 0.25) is 0 Å². The molecule has 2 aliphatic rings. The van der Waals surface area contributed by atoms with Crippen LogP contribution in [0.2, 0.25) is 0 Å². The second-order valence-corrected chi connectivity index (χ2v) is 6.48.